The molecule has 1 aliphatic heterocycles. The van der Waals surface area contributed by atoms with Gasteiger partial charge in [-0.05, 0) is 6.92 Å². The summed E-state index contributed by atoms with van der Waals surface area (Å²) < 4.78 is 8.11. The molecule has 0 amide bonds. The summed E-state index contributed by atoms with van der Waals surface area (Å²) in [5.41, 5.74) is -0.00520. The number of ether oxygens (including phenoxy) is 1. The number of hydrogen-bond acceptors (Lipinski definition) is 3. The van der Waals surface area contributed by atoms with Crippen molar-refractivity contribution in [3.8, 4) is 0 Å². The van der Waals surface area contributed by atoms with E-state index < -0.39 is 0 Å². The number of allylic oxidation sites excluding steroid dienone is 1. The van der Waals surface area contributed by atoms with Gasteiger partial charge in [-0.2, -0.15) is 9.78 Å². The van der Waals surface area contributed by atoms with Gasteiger partial charge in [-0.15, -0.1) is 0 Å². The van der Waals surface area contributed by atoms with Crippen molar-refractivity contribution in [2.75, 3.05) is 13.2 Å². The zero-order valence-corrected chi connectivity index (χ0v) is 9.01. The van der Waals surface area contributed by atoms with Gasteiger partial charge in [0.05, 0.1) is 13.2 Å². The molecule has 0 saturated carbocycles. The summed E-state index contributed by atoms with van der Waals surface area (Å²) in [5.74, 6) is 0. The summed E-state index contributed by atoms with van der Waals surface area (Å²) in [6.45, 7) is 6.06. The minimum Gasteiger partial charge on any atom is -0.380 e. The number of hydrogen-bond donors (Lipinski definition) is 0. The molecular formula is C10H15N3O2. The summed E-state index contributed by atoms with van der Waals surface area (Å²) in [4.78, 5) is 11.7. The van der Waals surface area contributed by atoms with Gasteiger partial charge in [-0.1, -0.05) is 13.0 Å². The topological polar surface area (TPSA) is 49.0 Å². The minimum absolute atomic E-state index is 0.0909. The maximum absolute atomic E-state index is 11.7. The lowest BCUT2D eigenvalue weighted by Crippen LogP contribution is -2.44. The quantitative estimate of drug-likeness (QED) is 0.731. The summed E-state index contributed by atoms with van der Waals surface area (Å²) >= 11 is 0. The van der Waals surface area contributed by atoms with E-state index >= 15 is 0 Å². The molecule has 5 heteroatoms. The molecule has 0 N–H and O–H groups in total. The zero-order chi connectivity index (χ0) is 10.9. The molecule has 0 aromatic carbocycles. The van der Waals surface area contributed by atoms with Crippen molar-refractivity contribution in [1.82, 2.24) is 14.3 Å². The molecule has 0 unspecified atom stereocenters. The molecule has 1 aliphatic rings. The van der Waals surface area contributed by atoms with Gasteiger partial charge in [0.15, 0.2) is 0 Å². The molecule has 2 rings (SSSR count). The second-order valence-electron chi connectivity index (χ2n) is 4.27. The summed E-state index contributed by atoms with van der Waals surface area (Å²) in [6, 6.07) is 0. The van der Waals surface area contributed by atoms with Crippen LogP contribution in [-0.2, 0) is 11.3 Å². The van der Waals surface area contributed by atoms with Crippen LogP contribution in [0.4, 0.5) is 0 Å². The Hall–Kier alpha value is -1.36. The van der Waals surface area contributed by atoms with Crippen LogP contribution in [0, 0.1) is 5.41 Å². The average Bonchev–Trinajstić information content (AvgIpc) is 2.48. The SMILES string of the molecule is C/C=C/n1ncn(CC2(C)COC2)c1=O. The molecule has 0 spiro atoms. The van der Waals surface area contributed by atoms with Crippen molar-refractivity contribution >= 4 is 6.20 Å². The first-order chi connectivity index (χ1) is 7.14. The Bertz CT molecular complexity index is 426. The highest BCUT2D eigenvalue weighted by Gasteiger charge is 2.34. The fraction of sp³-hybridized carbons (Fsp3) is 0.600. The third-order valence-electron chi connectivity index (χ3n) is 2.50. The highest BCUT2D eigenvalue weighted by Crippen LogP contribution is 2.27. The van der Waals surface area contributed by atoms with Crippen LogP contribution in [-0.4, -0.2) is 27.6 Å². The van der Waals surface area contributed by atoms with Gasteiger partial charge in [0.25, 0.3) is 0 Å². The van der Waals surface area contributed by atoms with E-state index in [1.165, 1.54) is 4.68 Å². The Morgan fingerprint density at radius 2 is 2.40 bits per heavy atom. The number of rotatable bonds is 3. The largest absolute Gasteiger partial charge is 0.380 e. The van der Waals surface area contributed by atoms with E-state index in [-0.39, 0.29) is 11.1 Å². The monoisotopic (exact) mass is 209 g/mol. The van der Waals surface area contributed by atoms with Gasteiger partial charge in [-0.25, -0.2) is 4.79 Å². The van der Waals surface area contributed by atoms with Gasteiger partial charge < -0.3 is 4.74 Å². The Labute approximate surface area is 88.0 Å². The smallest absolute Gasteiger partial charge is 0.349 e. The van der Waals surface area contributed by atoms with E-state index in [1.807, 2.05) is 6.92 Å². The summed E-state index contributed by atoms with van der Waals surface area (Å²) in [7, 11) is 0. The first-order valence-electron chi connectivity index (χ1n) is 4.99. The highest BCUT2D eigenvalue weighted by molar-refractivity contribution is 5.16. The first kappa shape index (κ1) is 10.2. The predicted octanol–water partition coefficient (Wildman–Crippen LogP) is 0.572. The fourth-order valence-corrected chi connectivity index (χ4v) is 1.65. The van der Waals surface area contributed by atoms with Gasteiger partial charge >= 0.3 is 5.69 Å². The third-order valence-corrected chi connectivity index (χ3v) is 2.50. The van der Waals surface area contributed by atoms with Crippen molar-refractivity contribution < 1.29 is 4.74 Å². The molecule has 0 atom stereocenters. The van der Waals surface area contributed by atoms with Crippen LogP contribution < -0.4 is 5.69 Å². The third kappa shape index (κ3) is 1.87. The lowest BCUT2D eigenvalue weighted by Gasteiger charge is -2.37. The second-order valence-corrected chi connectivity index (χ2v) is 4.27. The molecule has 1 saturated heterocycles. The van der Waals surface area contributed by atoms with E-state index in [0.29, 0.717) is 19.8 Å². The van der Waals surface area contributed by atoms with Crippen LogP contribution in [0.2, 0.25) is 0 Å². The van der Waals surface area contributed by atoms with Crippen molar-refractivity contribution in [3.05, 3.63) is 22.9 Å². The maximum atomic E-state index is 11.7. The summed E-state index contributed by atoms with van der Waals surface area (Å²) in [5, 5.41) is 3.99. The van der Waals surface area contributed by atoms with Crippen LogP contribution >= 0.6 is 0 Å². The lowest BCUT2D eigenvalue weighted by molar-refractivity contribution is -0.110. The molecule has 0 bridgehead atoms. The Morgan fingerprint density at radius 3 is 2.93 bits per heavy atom. The molecule has 5 nitrogen and oxygen atoms in total. The zero-order valence-electron chi connectivity index (χ0n) is 9.01. The molecule has 82 valence electrons. The van der Waals surface area contributed by atoms with Crippen LogP contribution in [0.15, 0.2) is 17.2 Å². The van der Waals surface area contributed by atoms with Gasteiger partial charge in [-0.3, -0.25) is 4.57 Å². The molecule has 15 heavy (non-hydrogen) atoms. The van der Waals surface area contributed by atoms with Gasteiger partial charge in [0.1, 0.15) is 6.33 Å². The van der Waals surface area contributed by atoms with Crippen LogP contribution in [0.5, 0.6) is 0 Å². The van der Waals surface area contributed by atoms with Gasteiger partial charge in [0, 0.05) is 18.2 Å². The number of nitrogens with zero attached hydrogens (tertiary/aromatic N) is 3. The predicted molar refractivity (Wildman–Crippen MR) is 56.4 cm³/mol. The number of aromatic nitrogens is 3. The van der Waals surface area contributed by atoms with E-state index in [0.717, 1.165) is 0 Å². The van der Waals surface area contributed by atoms with Crippen molar-refractivity contribution in [1.29, 1.82) is 0 Å². The lowest BCUT2D eigenvalue weighted by atomic mass is 9.89. The van der Waals surface area contributed by atoms with E-state index in [1.54, 1.807) is 23.2 Å². The molecule has 1 fully saturated rings. The molecule has 1 aromatic heterocycles. The van der Waals surface area contributed by atoms with Crippen LogP contribution in [0.25, 0.3) is 6.20 Å². The van der Waals surface area contributed by atoms with E-state index in [9.17, 15) is 4.79 Å². The Balaban J connectivity index is 2.19. The second kappa shape index (κ2) is 3.66. The highest BCUT2D eigenvalue weighted by atomic mass is 16.5. The maximum Gasteiger partial charge on any atom is 0.349 e. The molecular weight excluding hydrogens is 194 g/mol. The van der Waals surface area contributed by atoms with Crippen LogP contribution in [0.1, 0.15) is 13.8 Å². The van der Waals surface area contributed by atoms with E-state index in [2.05, 4.69) is 12.0 Å². The summed E-state index contributed by atoms with van der Waals surface area (Å²) in [6.07, 6.45) is 5.01. The Kier molecular flexibility index (Phi) is 2.48. The average molecular weight is 209 g/mol. The molecule has 2 heterocycles. The van der Waals surface area contributed by atoms with Crippen molar-refractivity contribution in [2.24, 2.45) is 5.41 Å². The fourth-order valence-electron chi connectivity index (χ4n) is 1.65. The molecule has 0 radical (unpaired) electrons. The molecule has 0 aliphatic carbocycles. The standard InChI is InChI=1S/C10H15N3O2/c1-3-4-13-9(14)12(8-11-13)5-10(2)6-15-7-10/h3-4,8H,5-7H2,1-2H3/b4-3+. The van der Waals surface area contributed by atoms with Crippen LogP contribution in [0.3, 0.4) is 0 Å². The normalized spacial score (nSPS) is 19.3. The minimum atomic E-state index is -0.0961. The van der Waals surface area contributed by atoms with Gasteiger partial charge in [0.2, 0.25) is 0 Å². The van der Waals surface area contributed by atoms with E-state index in [4.69, 9.17) is 4.74 Å². The first-order valence-corrected chi connectivity index (χ1v) is 4.99. The Morgan fingerprint density at radius 1 is 1.67 bits per heavy atom. The molecule has 1 aromatic rings. The van der Waals surface area contributed by atoms with Crippen molar-refractivity contribution in [3.63, 3.8) is 0 Å². The van der Waals surface area contributed by atoms with Crippen molar-refractivity contribution in [2.45, 2.75) is 20.4 Å².